The zero-order valence-electron chi connectivity index (χ0n) is 17.8. The Bertz CT molecular complexity index is 1070. The monoisotopic (exact) mass is 445 g/mol. The molecule has 166 valence electrons. The van der Waals surface area contributed by atoms with Crippen LogP contribution in [0, 0.1) is 0 Å². The van der Waals surface area contributed by atoms with E-state index >= 15 is 0 Å². The Kier molecular flexibility index (Phi) is 6.97. The molecule has 0 spiro atoms. The molecule has 0 saturated heterocycles. The fourth-order valence-electron chi connectivity index (χ4n) is 3.67. The number of hydrogen-bond donors (Lipinski definition) is 2. The molecule has 0 fully saturated rings. The first-order valence-electron chi connectivity index (χ1n) is 10.0. The van der Waals surface area contributed by atoms with Crippen LogP contribution in [0.4, 0.5) is 5.69 Å². The van der Waals surface area contributed by atoms with Crippen LogP contribution in [-0.2, 0) is 32.6 Å². The van der Waals surface area contributed by atoms with Gasteiger partial charge in [-0.05, 0) is 54.8 Å². The first-order chi connectivity index (χ1) is 14.7. The molecule has 2 aromatic rings. The quantitative estimate of drug-likeness (QED) is 0.647. The lowest BCUT2D eigenvalue weighted by molar-refractivity contribution is -0.121. The van der Waals surface area contributed by atoms with E-state index < -0.39 is 10.0 Å². The molecule has 3 rings (SSSR count). The Labute approximate surface area is 182 Å². The Balaban J connectivity index is 1.52. The fraction of sp³-hybridized carbons (Fsp3) is 0.364. The molecule has 2 N–H and O–H groups in total. The summed E-state index contributed by atoms with van der Waals surface area (Å²) < 4.78 is 32.8. The third-order valence-electron chi connectivity index (χ3n) is 5.21. The van der Waals surface area contributed by atoms with Crippen molar-refractivity contribution in [2.75, 3.05) is 18.6 Å². The zero-order valence-corrected chi connectivity index (χ0v) is 18.7. The number of rotatable bonds is 8. The van der Waals surface area contributed by atoms with Crippen LogP contribution in [0.25, 0.3) is 0 Å². The topological polar surface area (TPSA) is 105 Å². The highest BCUT2D eigenvalue weighted by molar-refractivity contribution is 7.89. The number of nitrogens with one attached hydrogen (secondary N) is 2. The number of fused-ring (bicyclic) bond motifs is 1. The van der Waals surface area contributed by atoms with Gasteiger partial charge in [-0.1, -0.05) is 12.1 Å². The van der Waals surface area contributed by atoms with Gasteiger partial charge in [-0.25, -0.2) is 13.1 Å². The highest BCUT2D eigenvalue weighted by atomic mass is 32.2. The van der Waals surface area contributed by atoms with E-state index in [-0.39, 0.29) is 35.7 Å². The number of benzene rings is 2. The van der Waals surface area contributed by atoms with Gasteiger partial charge in [-0.15, -0.1) is 0 Å². The van der Waals surface area contributed by atoms with Crippen molar-refractivity contribution in [3.63, 3.8) is 0 Å². The molecule has 1 atom stereocenters. The van der Waals surface area contributed by atoms with E-state index in [0.717, 1.165) is 22.6 Å². The normalized spacial score (nSPS) is 15.5. The van der Waals surface area contributed by atoms with E-state index in [1.165, 1.54) is 13.0 Å². The summed E-state index contributed by atoms with van der Waals surface area (Å²) in [4.78, 5) is 25.7. The van der Waals surface area contributed by atoms with Crippen LogP contribution in [0.15, 0.2) is 47.4 Å². The summed E-state index contributed by atoms with van der Waals surface area (Å²) in [6.45, 7) is 3.77. The average molecular weight is 446 g/mol. The molecule has 9 heteroatoms. The Morgan fingerprint density at radius 2 is 1.87 bits per heavy atom. The van der Waals surface area contributed by atoms with Crippen LogP contribution in [-0.4, -0.2) is 39.9 Å². The lowest BCUT2D eigenvalue weighted by atomic mass is 10.1. The van der Waals surface area contributed by atoms with Gasteiger partial charge in [0, 0.05) is 38.2 Å². The second-order valence-corrected chi connectivity index (χ2v) is 9.27. The van der Waals surface area contributed by atoms with Gasteiger partial charge in [-0.2, -0.15) is 0 Å². The molecule has 31 heavy (non-hydrogen) atoms. The minimum atomic E-state index is -3.75. The Hall–Kier alpha value is -2.91. The van der Waals surface area contributed by atoms with Gasteiger partial charge >= 0.3 is 0 Å². The summed E-state index contributed by atoms with van der Waals surface area (Å²) in [5.74, 6) is 0.415. The van der Waals surface area contributed by atoms with Gasteiger partial charge < -0.3 is 15.0 Å². The second-order valence-electron chi connectivity index (χ2n) is 7.51. The predicted octanol–water partition coefficient (Wildman–Crippen LogP) is 1.98. The predicted molar refractivity (Wildman–Crippen MR) is 117 cm³/mol. The zero-order chi connectivity index (χ0) is 22.6. The number of hydrogen-bond acceptors (Lipinski definition) is 5. The molecule has 0 radical (unpaired) electrons. The van der Waals surface area contributed by atoms with Gasteiger partial charge in [-0.3, -0.25) is 9.59 Å². The van der Waals surface area contributed by atoms with Gasteiger partial charge in [0.1, 0.15) is 5.75 Å². The van der Waals surface area contributed by atoms with Crippen molar-refractivity contribution in [2.45, 2.75) is 44.2 Å². The highest BCUT2D eigenvalue weighted by Gasteiger charge is 2.30. The summed E-state index contributed by atoms with van der Waals surface area (Å²) in [6, 6.07) is 12.1. The van der Waals surface area contributed by atoms with Crippen molar-refractivity contribution in [3.05, 3.63) is 53.6 Å². The first kappa shape index (κ1) is 22.8. The van der Waals surface area contributed by atoms with Crippen LogP contribution >= 0.6 is 0 Å². The third kappa shape index (κ3) is 5.42. The van der Waals surface area contributed by atoms with Gasteiger partial charge in [0.15, 0.2) is 0 Å². The lowest BCUT2D eigenvalue weighted by Gasteiger charge is -2.20. The maximum atomic E-state index is 12.6. The largest absolute Gasteiger partial charge is 0.497 e. The minimum Gasteiger partial charge on any atom is -0.497 e. The molecule has 1 heterocycles. The number of ether oxygens (including phenoxy) is 1. The van der Waals surface area contributed by atoms with Crippen molar-refractivity contribution in [3.8, 4) is 5.75 Å². The number of anilines is 1. The second kappa shape index (κ2) is 9.49. The van der Waals surface area contributed by atoms with E-state index in [2.05, 4.69) is 10.0 Å². The molecule has 1 aliphatic rings. The SMILES string of the molecule is COc1ccc(CNC(=O)CCNS(=O)(=O)c2ccc3c(c2)C[C@@H](C)N3C(C)=O)cc1. The molecule has 1 aliphatic heterocycles. The molecule has 8 nitrogen and oxygen atoms in total. The molecular formula is C22H27N3O5S. The number of sulfonamides is 1. The molecule has 0 aromatic heterocycles. The number of carbonyl (C=O) groups excluding carboxylic acids is 2. The Morgan fingerprint density at radius 1 is 1.16 bits per heavy atom. The van der Waals surface area contributed by atoms with Crippen LogP contribution in [0.1, 0.15) is 31.4 Å². The van der Waals surface area contributed by atoms with Crippen LogP contribution in [0.5, 0.6) is 5.75 Å². The summed E-state index contributed by atoms with van der Waals surface area (Å²) in [6.07, 6.45) is 0.627. The maximum Gasteiger partial charge on any atom is 0.240 e. The van der Waals surface area contributed by atoms with Gasteiger partial charge in [0.25, 0.3) is 0 Å². The molecular weight excluding hydrogens is 418 g/mol. The van der Waals surface area contributed by atoms with E-state index in [1.807, 2.05) is 31.2 Å². The summed E-state index contributed by atoms with van der Waals surface area (Å²) in [7, 11) is -2.17. The van der Waals surface area contributed by atoms with E-state index in [9.17, 15) is 18.0 Å². The van der Waals surface area contributed by atoms with Crippen LogP contribution in [0.3, 0.4) is 0 Å². The number of nitrogens with zero attached hydrogens (tertiary/aromatic N) is 1. The molecule has 0 saturated carbocycles. The van der Waals surface area contributed by atoms with Crippen molar-refractivity contribution in [2.24, 2.45) is 0 Å². The van der Waals surface area contributed by atoms with Crippen molar-refractivity contribution >= 4 is 27.5 Å². The minimum absolute atomic E-state index is 0.00666. The van der Waals surface area contributed by atoms with Crippen LogP contribution < -0.4 is 19.7 Å². The molecule has 2 amide bonds. The molecule has 0 aliphatic carbocycles. The summed E-state index contributed by atoms with van der Waals surface area (Å²) >= 11 is 0. The van der Waals surface area contributed by atoms with Crippen LogP contribution in [0.2, 0.25) is 0 Å². The van der Waals surface area contributed by atoms with Crippen molar-refractivity contribution in [1.82, 2.24) is 10.0 Å². The van der Waals surface area contributed by atoms with Crippen molar-refractivity contribution in [1.29, 1.82) is 0 Å². The lowest BCUT2D eigenvalue weighted by Crippen LogP contribution is -2.33. The molecule has 0 bridgehead atoms. The molecule has 0 unspecified atom stereocenters. The summed E-state index contributed by atoms with van der Waals surface area (Å²) in [5, 5.41) is 2.76. The number of methoxy groups -OCH3 is 1. The smallest absolute Gasteiger partial charge is 0.240 e. The number of carbonyl (C=O) groups is 2. The fourth-order valence-corrected chi connectivity index (χ4v) is 4.75. The van der Waals surface area contributed by atoms with Gasteiger partial charge in [0.2, 0.25) is 21.8 Å². The third-order valence-corrected chi connectivity index (χ3v) is 6.67. The number of amides is 2. The van der Waals surface area contributed by atoms with E-state index in [0.29, 0.717) is 13.0 Å². The Morgan fingerprint density at radius 3 is 2.52 bits per heavy atom. The van der Waals surface area contributed by atoms with Crippen molar-refractivity contribution < 1.29 is 22.7 Å². The molecule has 2 aromatic carbocycles. The standard InChI is InChI=1S/C22H27N3O5S/c1-15-12-18-13-20(8-9-21(18)25(15)16(2)26)31(28,29)24-11-10-22(27)23-14-17-4-6-19(30-3)7-5-17/h4-9,13,15,24H,10-12,14H2,1-3H3,(H,23,27)/t15-/m1/s1. The van der Waals surface area contributed by atoms with E-state index in [1.54, 1.807) is 24.1 Å². The summed E-state index contributed by atoms with van der Waals surface area (Å²) in [5.41, 5.74) is 2.49. The average Bonchev–Trinajstić information content (AvgIpc) is 3.07. The van der Waals surface area contributed by atoms with E-state index in [4.69, 9.17) is 4.74 Å². The van der Waals surface area contributed by atoms with Gasteiger partial charge in [0.05, 0.1) is 12.0 Å². The first-order valence-corrected chi connectivity index (χ1v) is 11.5. The highest BCUT2D eigenvalue weighted by Crippen LogP contribution is 2.33. The maximum absolute atomic E-state index is 12.6.